The van der Waals surface area contributed by atoms with E-state index in [1.807, 2.05) is 51.1 Å². The van der Waals surface area contributed by atoms with Gasteiger partial charge in [0.15, 0.2) is 0 Å². The maximum absolute atomic E-state index is 12.4. The minimum absolute atomic E-state index is 0.113. The number of carbonyl (C=O) groups excluding carboxylic acids is 1. The molecule has 5 heteroatoms. The van der Waals surface area contributed by atoms with Gasteiger partial charge in [-0.05, 0) is 39.2 Å². The molecule has 0 N–H and O–H groups in total. The van der Waals surface area contributed by atoms with Gasteiger partial charge in [-0.3, -0.25) is 4.90 Å². The Kier molecular flexibility index (Phi) is 5.62. The summed E-state index contributed by atoms with van der Waals surface area (Å²) in [6.07, 6.45) is 0.983. The Labute approximate surface area is 137 Å². The van der Waals surface area contributed by atoms with E-state index in [0.717, 1.165) is 12.0 Å². The van der Waals surface area contributed by atoms with Crippen LogP contribution in [0.5, 0.6) is 0 Å². The van der Waals surface area contributed by atoms with Gasteiger partial charge in [0.05, 0.1) is 25.3 Å². The summed E-state index contributed by atoms with van der Waals surface area (Å²) in [7, 11) is 0. The molecule has 1 saturated heterocycles. The number of nitrogens with zero attached hydrogens (tertiary/aromatic N) is 2. The first-order chi connectivity index (χ1) is 10.9. The summed E-state index contributed by atoms with van der Waals surface area (Å²) in [5.41, 5.74) is 0.515. The molecule has 1 fully saturated rings. The van der Waals surface area contributed by atoms with Crippen LogP contribution >= 0.6 is 0 Å². The van der Waals surface area contributed by atoms with Gasteiger partial charge in [0.1, 0.15) is 11.6 Å². The highest BCUT2D eigenvalue weighted by Crippen LogP contribution is 2.26. The average molecular weight is 316 g/mol. The van der Waals surface area contributed by atoms with Gasteiger partial charge in [-0.15, -0.1) is 0 Å². The fourth-order valence-electron chi connectivity index (χ4n) is 2.65. The lowest BCUT2D eigenvalue weighted by Crippen LogP contribution is -2.45. The van der Waals surface area contributed by atoms with Crippen LogP contribution in [-0.4, -0.2) is 35.3 Å². The molecule has 0 bridgehead atoms. The largest absolute Gasteiger partial charge is 0.444 e. The van der Waals surface area contributed by atoms with Crippen molar-refractivity contribution in [3.05, 3.63) is 35.9 Å². The quantitative estimate of drug-likeness (QED) is 0.853. The van der Waals surface area contributed by atoms with Crippen molar-refractivity contribution >= 4 is 6.09 Å². The molecule has 1 aromatic carbocycles. The molecule has 1 aromatic rings. The van der Waals surface area contributed by atoms with Crippen LogP contribution in [0.3, 0.4) is 0 Å². The van der Waals surface area contributed by atoms with E-state index < -0.39 is 17.7 Å². The molecule has 0 unspecified atom stereocenters. The molecule has 2 rings (SSSR count). The Bertz CT molecular complexity index is 560. The number of rotatable bonds is 4. The van der Waals surface area contributed by atoms with Gasteiger partial charge in [-0.25, -0.2) is 4.79 Å². The zero-order valence-electron chi connectivity index (χ0n) is 14.0. The molecule has 0 saturated carbocycles. The van der Waals surface area contributed by atoms with Gasteiger partial charge in [-0.2, -0.15) is 5.26 Å². The summed E-state index contributed by atoms with van der Waals surface area (Å²) in [4.78, 5) is 13.9. The summed E-state index contributed by atoms with van der Waals surface area (Å²) in [6.45, 7) is 6.37. The predicted octanol–water partition coefficient (Wildman–Crippen LogP) is 3.49. The maximum Gasteiger partial charge on any atom is 0.411 e. The van der Waals surface area contributed by atoms with Crippen LogP contribution in [0.1, 0.15) is 39.2 Å². The Morgan fingerprint density at radius 3 is 2.61 bits per heavy atom. The highest BCUT2D eigenvalue weighted by molar-refractivity contribution is 5.70. The topological polar surface area (TPSA) is 62.6 Å². The lowest BCUT2D eigenvalue weighted by atomic mass is 10.2. The van der Waals surface area contributed by atoms with Crippen LogP contribution in [0.2, 0.25) is 0 Å². The molecule has 0 spiro atoms. The summed E-state index contributed by atoms with van der Waals surface area (Å²) in [5, 5.41) is 9.26. The summed E-state index contributed by atoms with van der Waals surface area (Å²) in [6, 6.07) is 11.5. The third-order valence-electron chi connectivity index (χ3n) is 3.68. The van der Waals surface area contributed by atoms with E-state index in [-0.39, 0.29) is 6.04 Å². The lowest BCUT2D eigenvalue weighted by molar-refractivity contribution is 0.00425. The summed E-state index contributed by atoms with van der Waals surface area (Å²) < 4.78 is 11.2. The van der Waals surface area contributed by atoms with Crippen molar-refractivity contribution in [2.75, 3.05) is 6.61 Å². The highest BCUT2D eigenvalue weighted by Gasteiger charge is 2.39. The number of hydrogen-bond donors (Lipinski definition) is 0. The fourth-order valence-corrected chi connectivity index (χ4v) is 2.65. The summed E-state index contributed by atoms with van der Waals surface area (Å²) >= 11 is 0. The Morgan fingerprint density at radius 1 is 1.30 bits per heavy atom. The lowest BCUT2D eigenvalue weighted by Gasteiger charge is -2.30. The van der Waals surface area contributed by atoms with E-state index in [9.17, 15) is 10.1 Å². The molecule has 0 aromatic heterocycles. The Balaban J connectivity index is 1.94. The first-order valence-corrected chi connectivity index (χ1v) is 7.93. The number of amides is 1. The smallest absolute Gasteiger partial charge is 0.411 e. The molecule has 5 nitrogen and oxygen atoms in total. The molecule has 23 heavy (non-hydrogen) atoms. The van der Waals surface area contributed by atoms with Gasteiger partial charge in [0.25, 0.3) is 0 Å². The van der Waals surface area contributed by atoms with Crippen molar-refractivity contribution in [2.24, 2.45) is 0 Å². The third-order valence-corrected chi connectivity index (χ3v) is 3.68. The molecular weight excluding hydrogens is 292 g/mol. The van der Waals surface area contributed by atoms with Crippen molar-refractivity contribution in [3.8, 4) is 6.07 Å². The minimum Gasteiger partial charge on any atom is -0.444 e. The van der Waals surface area contributed by atoms with Crippen LogP contribution < -0.4 is 0 Å². The zero-order valence-corrected chi connectivity index (χ0v) is 14.0. The first-order valence-electron chi connectivity index (χ1n) is 7.93. The summed E-state index contributed by atoms with van der Waals surface area (Å²) in [5.74, 6) is 0. The Hall–Kier alpha value is -2.06. The number of likely N-dealkylation sites (tertiary alicyclic amines) is 1. The van der Waals surface area contributed by atoms with E-state index in [0.29, 0.717) is 19.6 Å². The average Bonchev–Trinajstić information content (AvgIpc) is 2.90. The van der Waals surface area contributed by atoms with Crippen molar-refractivity contribution in [2.45, 2.75) is 57.9 Å². The predicted molar refractivity (Wildman–Crippen MR) is 86.6 cm³/mol. The van der Waals surface area contributed by atoms with Crippen LogP contribution in [0.25, 0.3) is 0 Å². The molecule has 0 aliphatic carbocycles. The van der Waals surface area contributed by atoms with Gasteiger partial charge in [0.2, 0.25) is 0 Å². The van der Waals surface area contributed by atoms with E-state index in [1.165, 1.54) is 4.90 Å². The third kappa shape index (κ3) is 4.97. The molecule has 124 valence electrons. The Morgan fingerprint density at radius 2 is 2.00 bits per heavy atom. The molecule has 2 atom stereocenters. The van der Waals surface area contributed by atoms with Crippen LogP contribution in [-0.2, 0) is 16.1 Å². The van der Waals surface area contributed by atoms with Crippen LogP contribution in [0, 0.1) is 11.3 Å². The second kappa shape index (κ2) is 7.47. The minimum atomic E-state index is -0.574. The molecule has 1 amide bonds. The van der Waals surface area contributed by atoms with E-state index in [2.05, 4.69) is 6.07 Å². The fraction of sp³-hybridized carbons (Fsp3) is 0.556. The van der Waals surface area contributed by atoms with E-state index >= 15 is 0 Å². The second-order valence-corrected chi connectivity index (χ2v) is 6.76. The number of ether oxygens (including phenoxy) is 2. The standard InChI is InChI=1S/C18H24N2O3/c1-18(2,3)23-17(21)20-15(11-19)9-10-16(20)13-22-12-14-7-5-4-6-8-14/h4-8,15-16H,9-10,12-13H2,1-3H3/t15-,16-/m0/s1. The molecule has 1 heterocycles. The highest BCUT2D eigenvalue weighted by atomic mass is 16.6. The second-order valence-electron chi connectivity index (χ2n) is 6.76. The molecule has 0 radical (unpaired) electrons. The van der Waals surface area contributed by atoms with Gasteiger partial charge in [-0.1, -0.05) is 30.3 Å². The molecular formula is C18H24N2O3. The van der Waals surface area contributed by atoms with Crippen molar-refractivity contribution < 1.29 is 14.3 Å². The monoisotopic (exact) mass is 316 g/mol. The van der Waals surface area contributed by atoms with Gasteiger partial charge < -0.3 is 9.47 Å². The van der Waals surface area contributed by atoms with E-state index in [4.69, 9.17) is 9.47 Å². The van der Waals surface area contributed by atoms with Crippen molar-refractivity contribution in [1.29, 1.82) is 5.26 Å². The molecule has 1 aliphatic rings. The normalized spacial score (nSPS) is 21.0. The van der Waals surface area contributed by atoms with Crippen molar-refractivity contribution in [1.82, 2.24) is 4.90 Å². The number of nitriles is 1. The number of hydrogen-bond acceptors (Lipinski definition) is 4. The van der Waals surface area contributed by atoms with Gasteiger partial charge in [0, 0.05) is 0 Å². The number of benzene rings is 1. The van der Waals surface area contributed by atoms with E-state index in [1.54, 1.807) is 0 Å². The molecule has 1 aliphatic heterocycles. The number of carbonyl (C=O) groups is 1. The van der Waals surface area contributed by atoms with Crippen LogP contribution in [0.15, 0.2) is 30.3 Å². The SMILES string of the molecule is CC(C)(C)OC(=O)N1[C@H](COCc2ccccc2)CC[C@H]1C#N. The van der Waals surface area contributed by atoms with Crippen LogP contribution in [0.4, 0.5) is 4.79 Å². The zero-order chi connectivity index (χ0) is 16.9. The van der Waals surface area contributed by atoms with Gasteiger partial charge >= 0.3 is 6.09 Å². The first kappa shape index (κ1) is 17.3. The van der Waals surface area contributed by atoms with Crippen molar-refractivity contribution in [3.63, 3.8) is 0 Å². The maximum atomic E-state index is 12.4.